The van der Waals surface area contributed by atoms with E-state index in [-0.39, 0.29) is 15.6 Å². The van der Waals surface area contributed by atoms with Crippen LogP contribution in [-0.2, 0) is 10.0 Å². The molecule has 150 valence electrons. The molecule has 8 nitrogen and oxygen atoms in total. The molecule has 29 heavy (non-hydrogen) atoms. The Morgan fingerprint density at radius 2 is 2.07 bits per heavy atom. The Balaban J connectivity index is 1.94. The number of nitrogens with zero attached hydrogens (tertiary/aromatic N) is 4. The molecule has 3 aromatic rings. The van der Waals surface area contributed by atoms with Crippen LogP contribution >= 0.6 is 23.3 Å². The topological polar surface area (TPSA) is 111 Å². The minimum atomic E-state index is -3.89. The van der Waals surface area contributed by atoms with Gasteiger partial charge in [-0.2, -0.15) is 9.65 Å². The van der Waals surface area contributed by atoms with Gasteiger partial charge < -0.3 is 9.62 Å². The second-order valence-corrected chi connectivity index (χ2v) is 9.08. The van der Waals surface area contributed by atoms with E-state index in [4.69, 9.17) is 0 Å². The molecule has 3 rings (SSSR count). The van der Waals surface area contributed by atoms with Crippen molar-refractivity contribution in [1.29, 1.82) is 5.26 Å². The SMILES string of the molecule is CSN(C)c1cc(F)ncc1Nc1ccc(S(=O)(=O)Nc2nccs2)cc1C#N. The molecule has 0 fully saturated rings. The number of rotatable bonds is 7. The highest BCUT2D eigenvalue weighted by Crippen LogP contribution is 2.32. The van der Waals surface area contributed by atoms with Gasteiger partial charge in [0.25, 0.3) is 10.0 Å². The van der Waals surface area contributed by atoms with E-state index in [0.29, 0.717) is 17.1 Å². The summed E-state index contributed by atoms with van der Waals surface area (Å²) in [6.07, 6.45) is 4.63. The van der Waals surface area contributed by atoms with Gasteiger partial charge in [-0.05, 0) is 18.2 Å². The normalized spacial score (nSPS) is 11.0. The third-order valence-corrected chi connectivity index (χ3v) is 6.71. The van der Waals surface area contributed by atoms with Gasteiger partial charge >= 0.3 is 0 Å². The van der Waals surface area contributed by atoms with Crippen molar-refractivity contribution in [1.82, 2.24) is 9.97 Å². The quantitative estimate of drug-likeness (QED) is 0.413. The second-order valence-electron chi connectivity index (χ2n) is 5.59. The zero-order chi connectivity index (χ0) is 21.0. The largest absolute Gasteiger partial charge is 0.351 e. The van der Waals surface area contributed by atoms with Crippen LogP contribution < -0.4 is 14.3 Å². The van der Waals surface area contributed by atoms with Gasteiger partial charge in [0, 0.05) is 30.9 Å². The molecular formula is C17H15FN6O2S3. The van der Waals surface area contributed by atoms with Crippen molar-refractivity contribution in [2.24, 2.45) is 0 Å². The van der Waals surface area contributed by atoms with Gasteiger partial charge in [-0.15, -0.1) is 11.3 Å². The first-order valence-corrected chi connectivity index (χ1v) is 11.6. The first-order valence-electron chi connectivity index (χ1n) is 8.01. The van der Waals surface area contributed by atoms with Crippen LogP contribution in [0.2, 0.25) is 0 Å². The fourth-order valence-electron chi connectivity index (χ4n) is 2.36. The predicted octanol–water partition coefficient (Wildman–Crippen LogP) is 3.81. The van der Waals surface area contributed by atoms with Crippen LogP contribution in [0.3, 0.4) is 0 Å². The zero-order valence-corrected chi connectivity index (χ0v) is 17.7. The number of thiazole rings is 1. The highest BCUT2D eigenvalue weighted by atomic mass is 32.2. The van der Waals surface area contributed by atoms with Gasteiger partial charge in [-0.25, -0.2) is 18.4 Å². The molecule has 2 N–H and O–H groups in total. The summed E-state index contributed by atoms with van der Waals surface area (Å²) in [6.45, 7) is 0. The van der Waals surface area contributed by atoms with Gasteiger partial charge in [0.1, 0.15) is 6.07 Å². The van der Waals surface area contributed by atoms with Crippen molar-refractivity contribution in [3.8, 4) is 6.07 Å². The van der Waals surface area contributed by atoms with Gasteiger partial charge in [0.05, 0.1) is 33.7 Å². The molecule has 12 heteroatoms. The van der Waals surface area contributed by atoms with Crippen molar-refractivity contribution in [3.05, 3.63) is 53.6 Å². The third kappa shape index (κ3) is 4.76. The molecule has 2 heterocycles. The summed E-state index contributed by atoms with van der Waals surface area (Å²) in [6, 6.07) is 7.35. The van der Waals surface area contributed by atoms with Crippen LogP contribution in [0.4, 0.5) is 26.6 Å². The maximum Gasteiger partial charge on any atom is 0.263 e. The molecule has 0 amide bonds. The number of aromatic nitrogens is 2. The summed E-state index contributed by atoms with van der Waals surface area (Å²) in [5, 5.41) is 14.4. The number of halogens is 1. The summed E-state index contributed by atoms with van der Waals surface area (Å²) in [4.78, 5) is 7.46. The molecule has 0 aliphatic carbocycles. The first-order chi connectivity index (χ1) is 13.8. The molecule has 0 spiro atoms. The first kappa shape index (κ1) is 20.8. The van der Waals surface area contributed by atoms with Gasteiger partial charge in [0.15, 0.2) is 5.13 Å². The molecule has 0 atom stereocenters. The van der Waals surface area contributed by atoms with Crippen LogP contribution in [0.5, 0.6) is 0 Å². The fourth-order valence-corrected chi connectivity index (χ4v) is 4.52. The van der Waals surface area contributed by atoms with Crippen LogP contribution in [-0.4, -0.2) is 31.7 Å². The lowest BCUT2D eigenvalue weighted by molar-refractivity contribution is 0.584. The van der Waals surface area contributed by atoms with Crippen molar-refractivity contribution in [3.63, 3.8) is 0 Å². The molecule has 2 aromatic heterocycles. The maximum absolute atomic E-state index is 13.6. The molecule has 0 aliphatic heterocycles. The Morgan fingerprint density at radius 1 is 1.28 bits per heavy atom. The molecule has 0 unspecified atom stereocenters. The molecule has 0 radical (unpaired) electrons. The Hall–Kier alpha value is -2.88. The minimum absolute atomic E-state index is 0.0755. The van der Waals surface area contributed by atoms with Crippen LogP contribution in [0.25, 0.3) is 0 Å². The van der Waals surface area contributed by atoms with E-state index in [2.05, 4.69) is 20.0 Å². The number of nitriles is 1. The van der Waals surface area contributed by atoms with Crippen molar-refractivity contribution >= 4 is 55.5 Å². The number of hydrogen-bond donors (Lipinski definition) is 2. The lowest BCUT2D eigenvalue weighted by atomic mass is 10.2. The van der Waals surface area contributed by atoms with E-state index in [1.165, 1.54) is 48.6 Å². The summed E-state index contributed by atoms with van der Waals surface area (Å²) in [7, 11) is -2.13. The Morgan fingerprint density at radius 3 is 2.72 bits per heavy atom. The van der Waals surface area contributed by atoms with Gasteiger partial charge in [-0.3, -0.25) is 4.72 Å². The molecule has 0 saturated carbocycles. The lowest BCUT2D eigenvalue weighted by Gasteiger charge is -2.20. The van der Waals surface area contributed by atoms with E-state index in [1.807, 2.05) is 12.3 Å². The molecular weight excluding hydrogens is 435 g/mol. The van der Waals surface area contributed by atoms with Crippen molar-refractivity contribution in [2.75, 3.05) is 27.6 Å². The van der Waals surface area contributed by atoms with Crippen LogP contribution in [0, 0.1) is 17.3 Å². The summed E-state index contributed by atoms with van der Waals surface area (Å²) < 4.78 is 42.7. The average molecular weight is 451 g/mol. The highest BCUT2D eigenvalue weighted by molar-refractivity contribution is 7.99. The molecule has 0 aliphatic rings. The summed E-state index contributed by atoms with van der Waals surface area (Å²) >= 11 is 2.51. The van der Waals surface area contributed by atoms with Crippen molar-refractivity contribution < 1.29 is 12.8 Å². The number of sulfonamides is 1. The van der Waals surface area contributed by atoms with E-state index in [1.54, 1.807) is 16.7 Å². The second kappa shape index (κ2) is 8.64. The number of anilines is 4. The Bertz CT molecular complexity index is 1160. The fraction of sp³-hybridized carbons (Fsp3) is 0.118. The van der Waals surface area contributed by atoms with Crippen molar-refractivity contribution in [2.45, 2.75) is 4.90 Å². The summed E-state index contributed by atoms with van der Waals surface area (Å²) in [5.41, 5.74) is 1.46. The van der Waals surface area contributed by atoms with Crippen LogP contribution in [0.15, 0.2) is 46.9 Å². The standard InChI is InChI=1S/C17H15FN6O2S3/c1-24(27-2)15-8-16(18)21-10-14(15)22-13-4-3-12(7-11(13)9-19)29(25,26)23-17-20-5-6-28-17/h3-8,10,22H,1-2H3,(H,20,23). The minimum Gasteiger partial charge on any atom is -0.351 e. The number of nitrogens with one attached hydrogen (secondary N) is 2. The molecule has 1 aromatic carbocycles. The maximum atomic E-state index is 13.6. The van der Waals surface area contributed by atoms with Gasteiger partial charge in [-0.1, -0.05) is 11.9 Å². The number of hydrogen-bond acceptors (Lipinski definition) is 9. The summed E-state index contributed by atoms with van der Waals surface area (Å²) in [5.74, 6) is -0.637. The lowest BCUT2D eigenvalue weighted by Crippen LogP contribution is -2.13. The number of pyridine rings is 1. The molecule has 0 bridgehead atoms. The highest BCUT2D eigenvalue weighted by Gasteiger charge is 2.18. The van der Waals surface area contributed by atoms with E-state index >= 15 is 0 Å². The molecule has 0 saturated heterocycles. The Labute approximate surface area is 175 Å². The van der Waals surface area contributed by atoms with Crippen LogP contribution in [0.1, 0.15) is 5.56 Å². The third-order valence-electron chi connectivity index (χ3n) is 3.81. The average Bonchev–Trinajstić information content (AvgIpc) is 3.21. The predicted molar refractivity (Wildman–Crippen MR) is 113 cm³/mol. The van der Waals surface area contributed by atoms with Gasteiger partial charge in [0.2, 0.25) is 5.95 Å². The zero-order valence-electron chi connectivity index (χ0n) is 15.2. The van der Waals surface area contributed by atoms with E-state index in [9.17, 15) is 18.1 Å². The Kier molecular flexibility index (Phi) is 6.21. The number of benzene rings is 1. The van der Waals surface area contributed by atoms with E-state index < -0.39 is 16.0 Å². The smallest absolute Gasteiger partial charge is 0.263 e. The monoisotopic (exact) mass is 450 g/mol. The van der Waals surface area contributed by atoms with E-state index in [0.717, 1.165) is 11.3 Å².